The van der Waals surface area contributed by atoms with Crippen molar-refractivity contribution in [2.45, 2.75) is 25.7 Å². The molecule has 0 radical (unpaired) electrons. The molecule has 0 aromatic carbocycles. The summed E-state index contributed by atoms with van der Waals surface area (Å²) in [5.74, 6) is -0.0183. The van der Waals surface area contributed by atoms with E-state index in [9.17, 15) is 8.42 Å². The Labute approximate surface area is 117 Å². The van der Waals surface area contributed by atoms with E-state index in [1.54, 1.807) is 33.0 Å². The largest absolute Gasteiger partial charge is 0.381 e. The Bertz CT molecular complexity index is 764. The fraction of sp³-hybridized carbons (Fsp3) is 0.333. The average Bonchev–Trinajstić information content (AvgIpc) is 2.57. The van der Waals surface area contributed by atoms with Crippen molar-refractivity contribution in [3.8, 4) is 0 Å². The lowest BCUT2D eigenvalue weighted by atomic mass is 10.3. The summed E-state index contributed by atoms with van der Waals surface area (Å²) in [7, 11) is -2.15. The second-order valence-electron chi connectivity index (χ2n) is 4.61. The van der Waals surface area contributed by atoms with Crippen LogP contribution in [0, 0.1) is 20.8 Å². The highest BCUT2D eigenvalue weighted by atomic mass is 32.2. The summed E-state index contributed by atoms with van der Waals surface area (Å²) in [6.45, 7) is 5.23. The molecule has 0 saturated carbocycles. The summed E-state index contributed by atoms with van der Waals surface area (Å²) in [6.07, 6.45) is 0. The van der Waals surface area contributed by atoms with Crippen molar-refractivity contribution in [2.75, 3.05) is 10.5 Å². The molecule has 0 atom stereocenters. The molecular weight excluding hydrogens is 278 g/mol. The lowest BCUT2D eigenvalue weighted by Gasteiger charge is -2.10. The lowest BCUT2D eigenvalue weighted by molar-refractivity contribution is 0.600. The van der Waals surface area contributed by atoms with Gasteiger partial charge in [-0.15, -0.1) is 0 Å². The van der Waals surface area contributed by atoms with Crippen molar-refractivity contribution in [2.24, 2.45) is 7.05 Å². The van der Waals surface area contributed by atoms with Crippen LogP contribution in [-0.4, -0.2) is 23.2 Å². The van der Waals surface area contributed by atoms with Crippen LogP contribution in [0.5, 0.6) is 0 Å². The minimum Gasteiger partial charge on any atom is -0.381 e. The summed E-state index contributed by atoms with van der Waals surface area (Å²) in [4.78, 5) is 4.22. The van der Waals surface area contributed by atoms with Gasteiger partial charge < -0.3 is 5.73 Å². The van der Waals surface area contributed by atoms with Gasteiger partial charge in [0.1, 0.15) is 0 Å². The standard InChI is InChI=1S/C12H17N5O2S/c1-7-5-6-10(8(2)14-7)16-20(18,19)11-9(3)17(4)15-12(11)13/h5-6,16H,1-4H3,(H2,13,15). The van der Waals surface area contributed by atoms with Crippen molar-refractivity contribution < 1.29 is 8.42 Å². The van der Waals surface area contributed by atoms with E-state index < -0.39 is 10.0 Å². The zero-order chi connectivity index (χ0) is 15.1. The summed E-state index contributed by atoms with van der Waals surface area (Å²) in [5.41, 5.74) is 8.01. The Kier molecular flexibility index (Phi) is 3.43. The van der Waals surface area contributed by atoms with Crippen LogP contribution in [0.3, 0.4) is 0 Å². The van der Waals surface area contributed by atoms with Crippen LogP contribution in [0.25, 0.3) is 0 Å². The zero-order valence-electron chi connectivity index (χ0n) is 11.8. The van der Waals surface area contributed by atoms with Gasteiger partial charge in [0.2, 0.25) is 0 Å². The Balaban J connectivity index is 2.46. The molecular formula is C12H17N5O2S. The van der Waals surface area contributed by atoms with Crippen LogP contribution in [0.4, 0.5) is 11.5 Å². The Morgan fingerprint density at radius 1 is 1.25 bits per heavy atom. The quantitative estimate of drug-likeness (QED) is 0.883. The molecule has 2 aromatic heterocycles. The summed E-state index contributed by atoms with van der Waals surface area (Å²) in [6, 6.07) is 3.42. The van der Waals surface area contributed by atoms with Gasteiger partial charge in [-0.3, -0.25) is 14.4 Å². The first kappa shape index (κ1) is 14.3. The van der Waals surface area contributed by atoms with Gasteiger partial charge in [-0.05, 0) is 32.9 Å². The second-order valence-corrected chi connectivity index (χ2v) is 6.23. The summed E-state index contributed by atoms with van der Waals surface area (Å²) < 4.78 is 28.8. The van der Waals surface area contributed by atoms with Gasteiger partial charge in [0, 0.05) is 12.7 Å². The normalized spacial score (nSPS) is 11.6. The predicted molar refractivity (Wildman–Crippen MR) is 76.9 cm³/mol. The lowest BCUT2D eigenvalue weighted by Crippen LogP contribution is -2.16. The first-order chi connectivity index (χ1) is 9.22. The Hall–Kier alpha value is -2.09. The van der Waals surface area contributed by atoms with E-state index in [2.05, 4.69) is 14.8 Å². The van der Waals surface area contributed by atoms with Crippen molar-refractivity contribution >= 4 is 21.5 Å². The highest BCUT2D eigenvalue weighted by Gasteiger charge is 2.25. The van der Waals surface area contributed by atoms with Crippen LogP contribution in [0.2, 0.25) is 0 Å². The third kappa shape index (κ3) is 2.46. The maximum Gasteiger partial charge on any atom is 0.267 e. The van der Waals surface area contributed by atoms with E-state index in [4.69, 9.17) is 5.73 Å². The van der Waals surface area contributed by atoms with Crippen molar-refractivity contribution in [3.05, 3.63) is 29.2 Å². The van der Waals surface area contributed by atoms with Gasteiger partial charge in [-0.2, -0.15) is 5.10 Å². The monoisotopic (exact) mass is 295 g/mol. The van der Waals surface area contributed by atoms with Crippen LogP contribution < -0.4 is 10.5 Å². The molecule has 0 unspecified atom stereocenters. The zero-order valence-corrected chi connectivity index (χ0v) is 12.6. The van der Waals surface area contributed by atoms with E-state index in [0.717, 1.165) is 5.69 Å². The van der Waals surface area contributed by atoms with Crippen molar-refractivity contribution in [3.63, 3.8) is 0 Å². The molecule has 3 N–H and O–H groups in total. The number of rotatable bonds is 3. The molecule has 8 heteroatoms. The third-order valence-corrected chi connectivity index (χ3v) is 4.57. The number of anilines is 2. The van der Waals surface area contributed by atoms with Gasteiger partial charge >= 0.3 is 0 Å². The third-order valence-electron chi connectivity index (χ3n) is 3.04. The number of nitrogens with two attached hydrogens (primary N) is 1. The fourth-order valence-electron chi connectivity index (χ4n) is 1.94. The van der Waals surface area contributed by atoms with E-state index in [-0.39, 0.29) is 10.7 Å². The number of nitrogen functional groups attached to an aromatic ring is 1. The van der Waals surface area contributed by atoms with Gasteiger partial charge in [-0.1, -0.05) is 0 Å². The van der Waals surface area contributed by atoms with Crippen LogP contribution >= 0.6 is 0 Å². The number of sulfonamides is 1. The van der Waals surface area contributed by atoms with Crippen LogP contribution in [-0.2, 0) is 17.1 Å². The van der Waals surface area contributed by atoms with Crippen molar-refractivity contribution in [1.29, 1.82) is 0 Å². The maximum atomic E-state index is 12.4. The molecule has 0 bridgehead atoms. The Morgan fingerprint density at radius 2 is 1.90 bits per heavy atom. The molecule has 0 aliphatic carbocycles. The number of pyridine rings is 1. The molecule has 0 saturated heterocycles. The predicted octanol–water partition coefficient (Wildman–Crippen LogP) is 1.12. The summed E-state index contributed by atoms with van der Waals surface area (Å²) >= 11 is 0. The SMILES string of the molecule is Cc1ccc(NS(=O)(=O)c2c(N)nn(C)c2C)c(C)n1. The molecule has 0 fully saturated rings. The van der Waals surface area contributed by atoms with E-state index in [1.165, 1.54) is 4.68 Å². The maximum absolute atomic E-state index is 12.4. The van der Waals surface area contributed by atoms with E-state index in [1.807, 2.05) is 6.92 Å². The van der Waals surface area contributed by atoms with Crippen LogP contribution in [0.1, 0.15) is 17.1 Å². The second kappa shape index (κ2) is 4.78. The molecule has 0 amide bonds. The molecule has 2 heterocycles. The first-order valence-corrected chi connectivity index (χ1v) is 7.47. The number of aryl methyl sites for hydroxylation is 3. The number of aromatic nitrogens is 3. The van der Waals surface area contributed by atoms with Gasteiger partial charge in [-0.25, -0.2) is 8.42 Å². The van der Waals surface area contributed by atoms with E-state index in [0.29, 0.717) is 17.1 Å². The topological polar surface area (TPSA) is 103 Å². The van der Waals surface area contributed by atoms with E-state index >= 15 is 0 Å². The van der Waals surface area contributed by atoms with Gasteiger partial charge in [0.15, 0.2) is 10.7 Å². The minimum atomic E-state index is -3.79. The minimum absolute atomic E-state index is 0.0000231. The number of nitrogens with one attached hydrogen (secondary N) is 1. The molecule has 7 nitrogen and oxygen atoms in total. The van der Waals surface area contributed by atoms with Crippen LogP contribution in [0.15, 0.2) is 17.0 Å². The number of hydrogen-bond donors (Lipinski definition) is 2. The molecule has 0 spiro atoms. The van der Waals surface area contributed by atoms with Gasteiger partial charge in [0.25, 0.3) is 10.0 Å². The van der Waals surface area contributed by atoms with Crippen molar-refractivity contribution in [1.82, 2.24) is 14.8 Å². The molecule has 20 heavy (non-hydrogen) atoms. The molecule has 2 rings (SSSR count). The number of nitrogens with zero attached hydrogens (tertiary/aromatic N) is 3. The van der Waals surface area contributed by atoms with Gasteiger partial charge in [0.05, 0.1) is 17.1 Å². The first-order valence-electron chi connectivity index (χ1n) is 5.98. The molecule has 108 valence electrons. The molecule has 0 aliphatic rings. The highest BCUT2D eigenvalue weighted by molar-refractivity contribution is 7.93. The Morgan fingerprint density at radius 3 is 2.40 bits per heavy atom. The molecule has 2 aromatic rings. The summed E-state index contributed by atoms with van der Waals surface area (Å²) in [5, 5.41) is 3.91. The smallest absolute Gasteiger partial charge is 0.267 e. The molecule has 0 aliphatic heterocycles. The number of hydrogen-bond acceptors (Lipinski definition) is 5. The average molecular weight is 295 g/mol. The highest BCUT2D eigenvalue weighted by Crippen LogP contribution is 2.25. The fourth-order valence-corrected chi connectivity index (χ4v) is 3.38.